The number of hydrogen-bond donors (Lipinski definition) is 0. The highest BCUT2D eigenvalue weighted by Gasteiger charge is 2.44. The third kappa shape index (κ3) is 5.28. The van der Waals surface area contributed by atoms with E-state index in [1.54, 1.807) is 7.11 Å². The SMILES string of the molecule is COC(=O)C1CC2(CCN(Cc3ccccc3)CC2)CCN1Cc1ccc(OC)cc1. The number of ether oxygens (including phenoxy) is 2. The van der Waals surface area contributed by atoms with Gasteiger partial charge in [0.2, 0.25) is 0 Å². The fourth-order valence-electron chi connectivity index (χ4n) is 5.18. The average Bonchev–Trinajstić information content (AvgIpc) is 2.82. The normalized spacial score (nSPS) is 21.7. The highest BCUT2D eigenvalue weighted by atomic mass is 16.5. The number of esters is 1. The minimum atomic E-state index is -0.165. The maximum atomic E-state index is 12.7. The molecule has 0 saturated carbocycles. The molecule has 2 aliphatic heterocycles. The van der Waals surface area contributed by atoms with Gasteiger partial charge in [0.25, 0.3) is 0 Å². The van der Waals surface area contributed by atoms with Gasteiger partial charge in [-0.2, -0.15) is 0 Å². The number of hydrogen-bond acceptors (Lipinski definition) is 5. The molecule has 0 bridgehead atoms. The van der Waals surface area contributed by atoms with Crippen molar-refractivity contribution in [1.29, 1.82) is 0 Å². The zero-order valence-corrected chi connectivity index (χ0v) is 18.8. The molecule has 5 nitrogen and oxygen atoms in total. The first kappa shape index (κ1) is 21.8. The summed E-state index contributed by atoms with van der Waals surface area (Å²) >= 11 is 0. The van der Waals surface area contributed by atoms with Crippen molar-refractivity contribution < 1.29 is 14.3 Å². The van der Waals surface area contributed by atoms with Crippen molar-refractivity contribution in [3.63, 3.8) is 0 Å². The number of piperidine rings is 2. The highest BCUT2D eigenvalue weighted by Crippen LogP contribution is 2.44. The first-order valence-corrected chi connectivity index (χ1v) is 11.3. The van der Waals surface area contributed by atoms with E-state index in [1.807, 2.05) is 12.1 Å². The van der Waals surface area contributed by atoms with Gasteiger partial charge in [0.15, 0.2) is 0 Å². The predicted molar refractivity (Wildman–Crippen MR) is 122 cm³/mol. The van der Waals surface area contributed by atoms with Gasteiger partial charge in [0, 0.05) is 13.1 Å². The number of carbonyl (C=O) groups excluding carboxylic acids is 1. The third-order valence-electron chi connectivity index (χ3n) is 7.18. The van der Waals surface area contributed by atoms with Gasteiger partial charge < -0.3 is 9.47 Å². The molecular formula is C26H34N2O3. The lowest BCUT2D eigenvalue weighted by Gasteiger charge is -2.49. The summed E-state index contributed by atoms with van der Waals surface area (Å²) in [5.74, 6) is 0.757. The molecule has 5 heteroatoms. The van der Waals surface area contributed by atoms with Crippen molar-refractivity contribution in [2.45, 2.75) is 44.8 Å². The van der Waals surface area contributed by atoms with Crippen molar-refractivity contribution in [1.82, 2.24) is 9.80 Å². The Bertz CT molecular complexity index is 845. The second kappa shape index (κ2) is 9.84. The molecule has 166 valence electrons. The van der Waals surface area contributed by atoms with E-state index in [0.29, 0.717) is 0 Å². The lowest BCUT2D eigenvalue weighted by molar-refractivity contribution is -0.152. The Morgan fingerprint density at radius 1 is 0.903 bits per heavy atom. The number of methoxy groups -OCH3 is 2. The molecule has 0 aromatic heterocycles. The van der Waals surface area contributed by atoms with E-state index in [1.165, 1.54) is 18.2 Å². The number of likely N-dealkylation sites (tertiary alicyclic amines) is 2. The Labute approximate surface area is 185 Å². The second-order valence-electron chi connectivity index (χ2n) is 9.07. The van der Waals surface area contributed by atoms with E-state index < -0.39 is 0 Å². The van der Waals surface area contributed by atoms with Crippen LogP contribution in [0.5, 0.6) is 5.75 Å². The van der Waals surface area contributed by atoms with Gasteiger partial charge in [-0.05, 0) is 74.0 Å². The first-order chi connectivity index (χ1) is 15.1. The largest absolute Gasteiger partial charge is 0.497 e. The molecule has 0 radical (unpaired) electrons. The van der Waals surface area contributed by atoms with Crippen molar-refractivity contribution in [2.24, 2.45) is 5.41 Å². The van der Waals surface area contributed by atoms with Crippen LogP contribution in [0.3, 0.4) is 0 Å². The topological polar surface area (TPSA) is 42.0 Å². The van der Waals surface area contributed by atoms with E-state index in [9.17, 15) is 4.79 Å². The highest BCUT2D eigenvalue weighted by molar-refractivity contribution is 5.76. The molecule has 0 N–H and O–H groups in total. The van der Waals surface area contributed by atoms with E-state index in [0.717, 1.165) is 64.2 Å². The minimum Gasteiger partial charge on any atom is -0.497 e. The van der Waals surface area contributed by atoms with Crippen LogP contribution >= 0.6 is 0 Å². The summed E-state index contributed by atoms with van der Waals surface area (Å²) in [4.78, 5) is 17.6. The predicted octanol–water partition coefficient (Wildman–Crippen LogP) is 4.12. The van der Waals surface area contributed by atoms with Gasteiger partial charge >= 0.3 is 5.97 Å². The Kier molecular flexibility index (Phi) is 6.93. The molecule has 2 heterocycles. The number of benzene rings is 2. The average molecular weight is 423 g/mol. The fourth-order valence-corrected chi connectivity index (χ4v) is 5.18. The second-order valence-corrected chi connectivity index (χ2v) is 9.07. The maximum absolute atomic E-state index is 12.7. The summed E-state index contributed by atoms with van der Waals surface area (Å²) in [6.07, 6.45) is 4.36. The Morgan fingerprint density at radius 3 is 2.19 bits per heavy atom. The molecule has 2 fully saturated rings. The number of carbonyl (C=O) groups is 1. The molecule has 1 spiro atoms. The van der Waals surface area contributed by atoms with Crippen molar-refractivity contribution in [3.05, 3.63) is 65.7 Å². The molecule has 4 rings (SSSR count). The van der Waals surface area contributed by atoms with Crippen LogP contribution in [0.4, 0.5) is 0 Å². The molecule has 31 heavy (non-hydrogen) atoms. The molecule has 0 amide bonds. The molecule has 2 aromatic rings. The van der Waals surface area contributed by atoms with Crippen LogP contribution in [0.25, 0.3) is 0 Å². The van der Waals surface area contributed by atoms with E-state index in [2.05, 4.69) is 52.3 Å². The maximum Gasteiger partial charge on any atom is 0.323 e. The van der Waals surface area contributed by atoms with Crippen molar-refractivity contribution in [3.8, 4) is 5.75 Å². The molecule has 1 unspecified atom stereocenters. The summed E-state index contributed by atoms with van der Waals surface area (Å²) in [5.41, 5.74) is 2.83. The van der Waals surface area contributed by atoms with Crippen molar-refractivity contribution >= 4 is 5.97 Å². The van der Waals surface area contributed by atoms with Crippen LogP contribution in [-0.4, -0.2) is 55.7 Å². The monoisotopic (exact) mass is 422 g/mol. The van der Waals surface area contributed by atoms with Crippen LogP contribution in [0, 0.1) is 5.41 Å². The molecule has 1 atom stereocenters. The van der Waals surface area contributed by atoms with E-state index in [-0.39, 0.29) is 17.4 Å². The zero-order valence-electron chi connectivity index (χ0n) is 18.8. The number of rotatable bonds is 6. The van der Waals surface area contributed by atoms with Gasteiger partial charge in [-0.25, -0.2) is 0 Å². The van der Waals surface area contributed by atoms with Crippen LogP contribution in [-0.2, 0) is 22.6 Å². The Morgan fingerprint density at radius 2 is 1.55 bits per heavy atom. The van der Waals surface area contributed by atoms with Gasteiger partial charge in [-0.15, -0.1) is 0 Å². The summed E-state index contributed by atoms with van der Waals surface area (Å²) in [5, 5.41) is 0. The Balaban J connectivity index is 1.38. The van der Waals surface area contributed by atoms with Crippen LogP contribution < -0.4 is 4.74 Å². The summed E-state index contributed by atoms with van der Waals surface area (Å²) in [6, 6.07) is 18.7. The van der Waals surface area contributed by atoms with Gasteiger partial charge in [-0.3, -0.25) is 14.6 Å². The molecule has 0 aliphatic carbocycles. The summed E-state index contributed by atoms with van der Waals surface area (Å²) in [7, 11) is 3.19. The smallest absolute Gasteiger partial charge is 0.323 e. The van der Waals surface area contributed by atoms with Crippen molar-refractivity contribution in [2.75, 3.05) is 33.9 Å². The first-order valence-electron chi connectivity index (χ1n) is 11.3. The lowest BCUT2D eigenvalue weighted by atomic mass is 9.68. The molecular weight excluding hydrogens is 388 g/mol. The lowest BCUT2D eigenvalue weighted by Crippen LogP contribution is -2.53. The van der Waals surface area contributed by atoms with Crippen LogP contribution in [0.2, 0.25) is 0 Å². The van der Waals surface area contributed by atoms with Crippen LogP contribution in [0.15, 0.2) is 54.6 Å². The third-order valence-corrected chi connectivity index (χ3v) is 7.18. The van der Waals surface area contributed by atoms with E-state index in [4.69, 9.17) is 9.47 Å². The van der Waals surface area contributed by atoms with Gasteiger partial charge in [-0.1, -0.05) is 42.5 Å². The standard InChI is InChI=1S/C26H34N2O3/c1-30-23-10-8-22(9-11-23)20-28-17-14-26(18-24(28)25(29)31-2)12-15-27(16-13-26)19-21-6-4-3-5-7-21/h3-11,24H,12-20H2,1-2H3. The quantitative estimate of drug-likeness (QED) is 0.655. The van der Waals surface area contributed by atoms with E-state index >= 15 is 0 Å². The fraction of sp³-hybridized carbons (Fsp3) is 0.500. The Hall–Kier alpha value is -2.37. The van der Waals surface area contributed by atoms with Gasteiger partial charge in [0.05, 0.1) is 14.2 Å². The van der Waals surface area contributed by atoms with Gasteiger partial charge in [0.1, 0.15) is 11.8 Å². The summed E-state index contributed by atoms with van der Waals surface area (Å²) in [6.45, 7) is 4.91. The summed E-state index contributed by atoms with van der Waals surface area (Å²) < 4.78 is 10.5. The molecule has 2 saturated heterocycles. The minimum absolute atomic E-state index is 0.0979. The zero-order chi connectivity index (χ0) is 21.7. The molecule has 2 aliphatic rings. The number of nitrogens with zero attached hydrogens (tertiary/aromatic N) is 2. The van der Waals surface area contributed by atoms with Crippen LogP contribution in [0.1, 0.15) is 36.8 Å². The molecule has 2 aromatic carbocycles.